The lowest BCUT2D eigenvalue weighted by Gasteiger charge is -2.15. The topological polar surface area (TPSA) is 92.2 Å². The maximum atomic E-state index is 13.2. The van der Waals surface area contributed by atoms with Crippen LogP contribution in [0.25, 0.3) is 16.7 Å². The van der Waals surface area contributed by atoms with Crippen molar-refractivity contribution in [1.82, 2.24) is 19.3 Å². The van der Waals surface area contributed by atoms with Crippen molar-refractivity contribution in [2.45, 2.75) is 20.4 Å². The molecule has 0 fully saturated rings. The summed E-state index contributed by atoms with van der Waals surface area (Å²) in [5.41, 5.74) is 2.66. The molecule has 0 saturated heterocycles. The van der Waals surface area contributed by atoms with Crippen LogP contribution in [0.5, 0.6) is 0 Å². The molecule has 4 aromatic rings. The number of nitrogens with zero attached hydrogens (tertiary/aromatic N) is 3. The average Bonchev–Trinajstić information content (AvgIpc) is 2.72. The van der Waals surface area contributed by atoms with Gasteiger partial charge < -0.3 is 9.88 Å². The number of hydrogen-bond acceptors (Lipinski definition) is 4. The van der Waals surface area contributed by atoms with E-state index in [0.717, 1.165) is 11.1 Å². The summed E-state index contributed by atoms with van der Waals surface area (Å²) in [6, 6.07) is 14.8. The first-order chi connectivity index (χ1) is 14.0. The Morgan fingerprint density at radius 3 is 2.62 bits per heavy atom. The molecule has 146 valence electrons. The van der Waals surface area contributed by atoms with Crippen LogP contribution in [0.2, 0.25) is 0 Å². The summed E-state index contributed by atoms with van der Waals surface area (Å²) in [6.07, 6.45) is 1.67. The molecule has 0 bridgehead atoms. The van der Waals surface area contributed by atoms with E-state index in [-0.39, 0.29) is 22.5 Å². The maximum Gasteiger partial charge on any atom is 0.267 e. The van der Waals surface area contributed by atoms with Gasteiger partial charge in [0.2, 0.25) is 0 Å². The lowest BCUT2D eigenvalue weighted by Crippen LogP contribution is -2.35. The molecule has 0 radical (unpaired) electrons. The van der Waals surface area contributed by atoms with E-state index in [2.05, 4.69) is 5.32 Å². The molecule has 0 saturated carbocycles. The summed E-state index contributed by atoms with van der Waals surface area (Å²) in [7, 11) is 0. The van der Waals surface area contributed by atoms with Crippen LogP contribution in [-0.4, -0.2) is 26.4 Å². The lowest BCUT2D eigenvalue weighted by molar-refractivity contribution is 0.0953. The van der Waals surface area contributed by atoms with Crippen molar-refractivity contribution < 1.29 is 4.79 Å². The highest BCUT2D eigenvalue weighted by molar-refractivity contribution is 5.96. The summed E-state index contributed by atoms with van der Waals surface area (Å²) in [6.45, 7) is 4.47. The molecule has 3 heterocycles. The maximum absolute atomic E-state index is 13.2. The van der Waals surface area contributed by atoms with Gasteiger partial charge in [-0.25, -0.2) is 4.98 Å². The average molecular weight is 387 g/mol. The van der Waals surface area contributed by atoms with E-state index in [1.54, 1.807) is 16.8 Å². The summed E-state index contributed by atoms with van der Waals surface area (Å²) in [5, 5.41) is 11.7. The van der Waals surface area contributed by atoms with Gasteiger partial charge in [0, 0.05) is 12.7 Å². The second-order valence-corrected chi connectivity index (χ2v) is 6.88. The molecule has 4 rings (SSSR count). The third kappa shape index (κ3) is 3.20. The van der Waals surface area contributed by atoms with Crippen LogP contribution in [-0.2, 0) is 6.54 Å². The number of aromatic nitrogens is 3. The molecule has 29 heavy (non-hydrogen) atoms. The Hall–Kier alpha value is -3.74. The Kier molecular flexibility index (Phi) is 4.72. The summed E-state index contributed by atoms with van der Waals surface area (Å²) >= 11 is 0. The molecule has 2 N–H and O–H groups in total. The molecular weight excluding hydrogens is 366 g/mol. The van der Waals surface area contributed by atoms with Gasteiger partial charge >= 0.3 is 0 Å². The van der Waals surface area contributed by atoms with Gasteiger partial charge in [-0.2, -0.15) is 0 Å². The van der Waals surface area contributed by atoms with E-state index in [1.165, 1.54) is 10.5 Å². The first-order valence-corrected chi connectivity index (χ1v) is 9.43. The van der Waals surface area contributed by atoms with Crippen LogP contribution in [0, 0.1) is 12.3 Å². The predicted molar refractivity (Wildman–Crippen MR) is 111 cm³/mol. The van der Waals surface area contributed by atoms with Crippen molar-refractivity contribution in [3.63, 3.8) is 0 Å². The number of hydrogen-bond donors (Lipinski definition) is 2. The van der Waals surface area contributed by atoms with Crippen LogP contribution in [0.3, 0.4) is 0 Å². The fraction of sp³-hybridized carbons (Fsp3) is 0.182. The van der Waals surface area contributed by atoms with Gasteiger partial charge in [-0.3, -0.25) is 19.4 Å². The summed E-state index contributed by atoms with van der Waals surface area (Å²) in [4.78, 5) is 30.5. The lowest BCUT2D eigenvalue weighted by atomic mass is 10.1. The zero-order valence-corrected chi connectivity index (χ0v) is 16.3. The SMILES string of the molecule is CCNC(=O)c1cc2c(=O)n3cccc(C)c3nc2n(Cc2ccccc2)c1=N. The molecule has 0 spiro atoms. The van der Waals surface area contributed by atoms with Crippen LogP contribution in [0.1, 0.15) is 28.4 Å². The quantitative estimate of drug-likeness (QED) is 0.526. The Morgan fingerprint density at radius 2 is 1.90 bits per heavy atom. The number of pyridine rings is 2. The van der Waals surface area contributed by atoms with Gasteiger partial charge in [0.25, 0.3) is 11.5 Å². The molecule has 1 aromatic carbocycles. The minimum atomic E-state index is -0.380. The fourth-order valence-electron chi connectivity index (χ4n) is 3.45. The third-order valence-electron chi connectivity index (χ3n) is 4.90. The number of carbonyl (C=O) groups is 1. The first kappa shape index (κ1) is 18.6. The van der Waals surface area contributed by atoms with Crippen molar-refractivity contribution in [1.29, 1.82) is 5.41 Å². The molecule has 0 unspecified atom stereocenters. The van der Waals surface area contributed by atoms with Crippen LogP contribution in [0.4, 0.5) is 0 Å². The van der Waals surface area contributed by atoms with E-state index in [1.807, 2.05) is 50.2 Å². The number of carbonyl (C=O) groups excluding carboxylic acids is 1. The van der Waals surface area contributed by atoms with Crippen molar-refractivity contribution in [3.8, 4) is 0 Å². The van der Waals surface area contributed by atoms with E-state index in [9.17, 15) is 9.59 Å². The minimum Gasteiger partial charge on any atom is -0.352 e. The smallest absolute Gasteiger partial charge is 0.267 e. The number of fused-ring (bicyclic) bond motifs is 2. The largest absolute Gasteiger partial charge is 0.352 e. The van der Waals surface area contributed by atoms with E-state index in [0.29, 0.717) is 29.8 Å². The van der Waals surface area contributed by atoms with Gasteiger partial charge in [-0.15, -0.1) is 0 Å². The molecule has 0 aliphatic heterocycles. The van der Waals surface area contributed by atoms with E-state index >= 15 is 0 Å². The monoisotopic (exact) mass is 387 g/mol. The van der Waals surface area contributed by atoms with Gasteiger partial charge in [0.05, 0.1) is 17.5 Å². The van der Waals surface area contributed by atoms with Crippen molar-refractivity contribution >= 4 is 22.6 Å². The Balaban J connectivity index is 2.11. The molecule has 7 heteroatoms. The Morgan fingerprint density at radius 1 is 1.14 bits per heavy atom. The number of benzene rings is 1. The van der Waals surface area contributed by atoms with E-state index < -0.39 is 0 Å². The number of amides is 1. The van der Waals surface area contributed by atoms with Crippen LogP contribution in [0.15, 0.2) is 59.5 Å². The Bertz CT molecular complexity index is 1350. The molecule has 0 aliphatic carbocycles. The van der Waals surface area contributed by atoms with Crippen LogP contribution >= 0.6 is 0 Å². The van der Waals surface area contributed by atoms with Crippen LogP contribution < -0.4 is 16.4 Å². The molecule has 0 aliphatic rings. The summed E-state index contributed by atoms with van der Waals surface area (Å²) < 4.78 is 3.11. The van der Waals surface area contributed by atoms with Crippen molar-refractivity contribution in [2.24, 2.45) is 0 Å². The van der Waals surface area contributed by atoms with Crippen molar-refractivity contribution in [2.75, 3.05) is 6.54 Å². The zero-order valence-electron chi connectivity index (χ0n) is 16.3. The van der Waals surface area contributed by atoms with Gasteiger partial charge in [0.1, 0.15) is 16.8 Å². The number of aryl methyl sites for hydroxylation is 1. The second-order valence-electron chi connectivity index (χ2n) is 6.88. The molecule has 3 aromatic heterocycles. The predicted octanol–water partition coefficient (Wildman–Crippen LogP) is 2.24. The van der Waals surface area contributed by atoms with E-state index in [4.69, 9.17) is 10.4 Å². The van der Waals surface area contributed by atoms with Gasteiger partial charge in [-0.1, -0.05) is 36.4 Å². The minimum absolute atomic E-state index is 0.0251. The number of rotatable bonds is 4. The highest BCUT2D eigenvalue weighted by Crippen LogP contribution is 2.14. The van der Waals surface area contributed by atoms with Gasteiger partial charge in [-0.05, 0) is 37.1 Å². The summed E-state index contributed by atoms with van der Waals surface area (Å²) in [5.74, 6) is -0.380. The standard InChI is InChI=1S/C22H21N5O2/c1-3-24-21(28)16-12-17-20(25-19-14(2)8-7-11-26(19)22(17)29)27(18(16)23)13-15-9-5-4-6-10-15/h4-12,23H,3,13H2,1-2H3,(H,24,28). The highest BCUT2D eigenvalue weighted by Gasteiger charge is 2.17. The zero-order chi connectivity index (χ0) is 20.5. The molecular formula is C22H21N5O2. The Labute approximate surface area is 166 Å². The third-order valence-corrected chi connectivity index (χ3v) is 4.90. The normalized spacial score (nSPS) is 11.1. The molecule has 7 nitrogen and oxygen atoms in total. The molecule has 0 atom stereocenters. The number of nitrogens with one attached hydrogen (secondary N) is 2. The van der Waals surface area contributed by atoms with Crippen molar-refractivity contribution in [3.05, 3.63) is 87.3 Å². The first-order valence-electron chi connectivity index (χ1n) is 9.43. The van der Waals surface area contributed by atoms with Gasteiger partial charge in [0.15, 0.2) is 0 Å². The second kappa shape index (κ2) is 7.35. The highest BCUT2D eigenvalue weighted by atomic mass is 16.1. The fourth-order valence-corrected chi connectivity index (χ4v) is 3.45. The molecule has 1 amide bonds.